The van der Waals surface area contributed by atoms with Crippen molar-refractivity contribution in [2.24, 2.45) is 0 Å². The third kappa shape index (κ3) is 3.44. The average Bonchev–Trinajstić information content (AvgIpc) is 2.43. The molecule has 1 heterocycles. The van der Waals surface area contributed by atoms with Gasteiger partial charge < -0.3 is 9.73 Å². The Kier molecular flexibility index (Phi) is 4.53. The molecule has 0 aliphatic carbocycles. The maximum absolute atomic E-state index is 12.1. The molecule has 20 heavy (non-hydrogen) atoms. The van der Waals surface area contributed by atoms with Gasteiger partial charge in [0.2, 0.25) is 10.0 Å². The predicted octanol–water partition coefficient (Wildman–Crippen LogP) is 0.681. The largest absolute Gasteiger partial charge is 0.423 e. The number of hydrogen-bond acceptors (Lipinski definition) is 5. The van der Waals surface area contributed by atoms with E-state index in [9.17, 15) is 13.2 Å². The maximum atomic E-state index is 12.1. The van der Waals surface area contributed by atoms with Gasteiger partial charge in [-0.2, -0.15) is 0 Å². The van der Waals surface area contributed by atoms with E-state index in [-0.39, 0.29) is 4.90 Å². The monoisotopic (exact) mass is 296 g/mol. The van der Waals surface area contributed by atoms with Gasteiger partial charge in [0.25, 0.3) is 0 Å². The Morgan fingerprint density at radius 1 is 1.15 bits per heavy atom. The summed E-state index contributed by atoms with van der Waals surface area (Å²) >= 11 is 0. The zero-order valence-corrected chi connectivity index (χ0v) is 11.9. The third-order valence-corrected chi connectivity index (χ3v) is 4.26. The van der Waals surface area contributed by atoms with Gasteiger partial charge in [0.1, 0.15) is 5.58 Å². The Balaban J connectivity index is 2.23. The topological polar surface area (TPSA) is 88.4 Å². The molecule has 0 saturated carbocycles. The molecule has 7 heteroatoms. The van der Waals surface area contributed by atoms with Gasteiger partial charge in [-0.15, -0.1) is 0 Å². The first-order valence-electron chi connectivity index (χ1n) is 6.21. The van der Waals surface area contributed by atoms with Gasteiger partial charge in [-0.1, -0.05) is 0 Å². The van der Waals surface area contributed by atoms with Crippen LogP contribution in [0.5, 0.6) is 0 Å². The molecule has 0 aliphatic heterocycles. The van der Waals surface area contributed by atoms with Crippen LogP contribution in [0.3, 0.4) is 0 Å². The second-order valence-electron chi connectivity index (χ2n) is 4.31. The molecule has 1 aromatic carbocycles. The molecule has 0 radical (unpaired) electrons. The van der Waals surface area contributed by atoms with Gasteiger partial charge in [-0.25, -0.2) is 17.9 Å². The highest BCUT2D eigenvalue weighted by molar-refractivity contribution is 7.89. The molecule has 0 fully saturated rings. The van der Waals surface area contributed by atoms with Gasteiger partial charge in [0.15, 0.2) is 0 Å². The standard InChI is InChI=1S/C13H16N2O4S/c1-14-7-2-8-15-20(17,18)11-4-5-12-10(9-11)3-6-13(16)19-12/h3-6,9,14-15H,2,7-8H2,1H3. The molecular formula is C13H16N2O4S. The highest BCUT2D eigenvalue weighted by atomic mass is 32.2. The Labute approximate surface area is 116 Å². The molecule has 0 unspecified atom stereocenters. The summed E-state index contributed by atoms with van der Waals surface area (Å²) in [6.45, 7) is 1.11. The van der Waals surface area contributed by atoms with Crippen molar-refractivity contribution in [3.05, 3.63) is 40.8 Å². The highest BCUT2D eigenvalue weighted by Crippen LogP contribution is 2.17. The minimum absolute atomic E-state index is 0.156. The van der Waals surface area contributed by atoms with Crippen molar-refractivity contribution >= 4 is 21.0 Å². The van der Waals surface area contributed by atoms with Crippen LogP contribution in [0, 0.1) is 0 Å². The Morgan fingerprint density at radius 3 is 2.70 bits per heavy atom. The molecule has 2 N–H and O–H groups in total. The van der Waals surface area contributed by atoms with Gasteiger partial charge in [-0.05, 0) is 44.3 Å². The van der Waals surface area contributed by atoms with Gasteiger partial charge >= 0.3 is 5.63 Å². The fourth-order valence-corrected chi connectivity index (χ4v) is 2.88. The van der Waals surface area contributed by atoms with Crippen LogP contribution in [0.1, 0.15) is 6.42 Å². The van der Waals surface area contributed by atoms with E-state index in [2.05, 4.69) is 10.0 Å². The highest BCUT2D eigenvalue weighted by Gasteiger charge is 2.14. The summed E-state index contributed by atoms with van der Waals surface area (Å²) in [5.74, 6) is 0. The van der Waals surface area contributed by atoms with Crippen molar-refractivity contribution in [3.8, 4) is 0 Å². The van der Waals surface area contributed by atoms with Crippen molar-refractivity contribution in [2.45, 2.75) is 11.3 Å². The van der Waals surface area contributed by atoms with E-state index < -0.39 is 15.6 Å². The molecule has 0 atom stereocenters. The number of nitrogens with one attached hydrogen (secondary N) is 2. The lowest BCUT2D eigenvalue weighted by Crippen LogP contribution is -2.26. The lowest BCUT2D eigenvalue weighted by Gasteiger charge is -2.07. The van der Waals surface area contributed by atoms with Crippen LogP contribution in [0.15, 0.2) is 44.4 Å². The van der Waals surface area contributed by atoms with Crippen molar-refractivity contribution < 1.29 is 12.8 Å². The molecule has 108 valence electrons. The van der Waals surface area contributed by atoms with E-state index in [0.29, 0.717) is 23.9 Å². The molecule has 2 rings (SSSR count). The molecule has 0 amide bonds. The molecule has 0 spiro atoms. The normalized spacial score (nSPS) is 11.8. The van der Waals surface area contributed by atoms with Gasteiger partial charge in [0.05, 0.1) is 4.90 Å². The second-order valence-corrected chi connectivity index (χ2v) is 6.08. The maximum Gasteiger partial charge on any atom is 0.336 e. The summed E-state index contributed by atoms with van der Waals surface area (Å²) in [6.07, 6.45) is 0.707. The summed E-state index contributed by atoms with van der Waals surface area (Å²) in [5, 5.41) is 3.52. The number of sulfonamides is 1. The summed E-state index contributed by atoms with van der Waals surface area (Å²) in [5.41, 5.74) is -0.0927. The molecule has 1 aromatic heterocycles. The van der Waals surface area contributed by atoms with Crippen molar-refractivity contribution in [2.75, 3.05) is 20.1 Å². The van der Waals surface area contributed by atoms with E-state index in [1.165, 1.54) is 24.3 Å². The minimum Gasteiger partial charge on any atom is -0.423 e. The van der Waals surface area contributed by atoms with Crippen LogP contribution >= 0.6 is 0 Å². The number of benzene rings is 1. The number of hydrogen-bond donors (Lipinski definition) is 2. The van der Waals surface area contributed by atoms with Gasteiger partial charge in [0, 0.05) is 18.0 Å². The fraction of sp³-hybridized carbons (Fsp3) is 0.308. The van der Waals surface area contributed by atoms with E-state index in [4.69, 9.17) is 4.42 Å². The van der Waals surface area contributed by atoms with Crippen LogP contribution in [-0.4, -0.2) is 28.6 Å². The quantitative estimate of drug-likeness (QED) is 0.604. The van der Waals surface area contributed by atoms with Crippen molar-refractivity contribution in [1.82, 2.24) is 10.0 Å². The summed E-state index contributed by atoms with van der Waals surface area (Å²) in [7, 11) is -1.73. The fourth-order valence-electron chi connectivity index (χ4n) is 1.77. The van der Waals surface area contributed by atoms with Crippen molar-refractivity contribution in [1.29, 1.82) is 0 Å². The van der Waals surface area contributed by atoms with Crippen molar-refractivity contribution in [3.63, 3.8) is 0 Å². The second kappa shape index (κ2) is 6.17. The predicted molar refractivity (Wildman–Crippen MR) is 76.2 cm³/mol. The molecule has 0 saturated heterocycles. The lowest BCUT2D eigenvalue weighted by molar-refractivity contribution is 0.560. The zero-order valence-electron chi connectivity index (χ0n) is 11.0. The Hall–Kier alpha value is -1.70. The summed E-state index contributed by atoms with van der Waals surface area (Å²) in [4.78, 5) is 11.2. The van der Waals surface area contributed by atoms with Crippen LogP contribution in [-0.2, 0) is 10.0 Å². The third-order valence-electron chi connectivity index (χ3n) is 2.80. The smallest absolute Gasteiger partial charge is 0.336 e. The molecule has 2 aromatic rings. The van der Waals surface area contributed by atoms with Crippen LogP contribution < -0.4 is 15.7 Å². The van der Waals surface area contributed by atoms with Crippen LogP contribution in [0.2, 0.25) is 0 Å². The van der Waals surface area contributed by atoms with Crippen LogP contribution in [0.4, 0.5) is 0 Å². The summed E-state index contributed by atoms with van der Waals surface area (Å²) < 4.78 is 31.7. The SMILES string of the molecule is CNCCCNS(=O)(=O)c1ccc2oc(=O)ccc2c1. The average molecular weight is 296 g/mol. The molecule has 6 nitrogen and oxygen atoms in total. The molecule has 0 aliphatic rings. The zero-order chi connectivity index (χ0) is 14.6. The van der Waals surface area contributed by atoms with E-state index in [1.807, 2.05) is 7.05 Å². The van der Waals surface area contributed by atoms with E-state index >= 15 is 0 Å². The Bertz CT molecular complexity index is 752. The molecule has 0 bridgehead atoms. The van der Waals surface area contributed by atoms with Gasteiger partial charge in [-0.3, -0.25) is 0 Å². The summed E-state index contributed by atoms with van der Waals surface area (Å²) in [6, 6.07) is 7.20. The van der Waals surface area contributed by atoms with E-state index in [0.717, 1.165) is 6.54 Å². The first-order chi connectivity index (χ1) is 9.53. The lowest BCUT2D eigenvalue weighted by atomic mass is 10.2. The first kappa shape index (κ1) is 14.7. The van der Waals surface area contributed by atoms with Crippen LogP contribution in [0.25, 0.3) is 11.0 Å². The first-order valence-corrected chi connectivity index (χ1v) is 7.69. The van der Waals surface area contributed by atoms with E-state index in [1.54, 1.807) is 6.07 Å². The minimum atomic E-state index is -3.54. The number of fused-ring (bicyclic) bond motifs is 1. The molecular weight excluding hydrogens is 280 g/mol. The number of rotatable bonds is 6. The Morgan fingerprint density at radius 2 is 1.95 bits per heavy atom.